The lowest BCUT2D eigenvalue weighted by Crippen LogP contribution is -2.40. The van der Waals surface area contributed by atoms with Gasteiger partial charge in [-0.2, -0.15) is 5.10 Å². The standard InChI is InChI=1S/C15H20N4OS/c1-10-7-17-18-13(10)6-12-4-3-5-19(8-12)15(20)14-11(2)16-9-21-14/h7,9,12H,3-6,8H2,1-2H3,(H,17,18). The molecule has 0 saturated carbocycles. The van der Waals surface area contributed by atoms with Gasteiger partial charge in [0.25, 0.3) is 5.91 Å². The Morgan fingerprint density at radius 1 is 1.52 bits per heavy atom. The number of hydrogen-bond donors (Lipinski definition) is 1. The zero-order valence-electron chi connectivity index (χ0n) is 12.4. The summed E-state index contributed by atoms with van der Waals surface area (Å²) in [6.07, 6.45) is 5.07. The molecule has 1 aliphatic rings. The van der Waals surface area contributed by atoms with Crippen molar-refractivity contribution in [3.63, 3.8) is 0 Å². The van der Waals surface area contributed by atoms with Gasteiger partial charge in [-0.05, 0) is 44.6 Å². The minimum Gasteiger partial charge on any atom is -0.338 e. The van der Waals surface area contributed by atoms with E-state index < -0.39 is 0 Å². The van der Waals surface area contributed by atoms with Gasteiger partial charge >= 0.3 is 0 Å². The number of aromatic amines is 1. The number of carbonyl (C=O) groups excluding carboxylic acids is 1. The van der Waals surface area contributed by atoms with E-state index in [4.69, 9.17) is 0 Å². The molecule has 1 saturated heterocycles. The molecule has 1 atom stereocenters. The van der Waals surface area contributed by atoms with Crippen LogP contribution in [-0.4, -0.2) is 39.1 Å². The molecule has 2 aromatic heterocycles. The molecule has 21 heavy (non-hydrogen) atoms. The third-order valence-electron chi connectivity index (χ3n) is 4.17. The van der Waals surface area contributed by atoms with Crippen molar-refractivity contribution in [1.29, 1.82) is 0 Å². The van der Waals surface area contributed by atoms with E-state index in [2.05, 4.69) is 22.1 Å². The fourth-order valence-electron chi connectivity index (χ4n) is 2.94. The number of rotatable bonds is 3. The number of nitrogens with one attached hydrogen (secondary N) is 1. The number of H-pyrrole nitrogens is 1. The van der Waals surface area contributed by atoms with Gasteiger partial charge in [-0.25, -0.2) is 4.98 Å². The number of likely N-dealkylation sites (tertiary alicyclic amines) is 1. The molecular weight excluding hydrogens is 284 g/mol. The summed E-state index contributed by atoms with van der Waals surface area (Å²) in [7, 11) is 0. The molecule has 2 aromatic rings. The van der Waals surface area contributed by atoms with E-state index >= 15 is 0 Å². The van der Waals surface area contributed by atoms with E-state index in [0.29, 0.717) is 5.92 Å². The highest BCUT2D eigenvalue weighted by molar-refractivity contribution is 7.11. The first-order chi connectivity index (χ1) is 10.1. The highest BCUT2D eigenvalue weighted by Crippen LogP contribution is 2.24. The number of hydrogen-bond acceptors (Lipinski definition) is 4. The second kappa shape index (κ2) is 5.97. The molecule has 0 radical (unpaired) electrons. The van der Waals surface area contributed by atoms with Crippen LogP contribution in [0, 0.1) is 19.8 Å². The fraction of sp³-hybridized carbons (Fsp3) is 0.533. The van der Waals surface area contributed by atoms with Crippen molar-refractivity contribution in [2.75, 3.05) is 13.1 Å². The maximum absolute atomic E-state index is 12.6. The van der Waals surface area contributed by atoms with Gasteiger partial charge in [0.15, 0.2) is 0 Å². The zero-order valence-corrected chi connectivity index (χ0v) is 13.2. The average molecular weight is 304 g/mol. The summed E-state index contributed by atoms with van der Waals surface area (Å²) < 4.78 is 0. The Balaban J connectivity index is 1.67. The predicted octanol–water partition coefficient (Wildman–Crippen LogP) is 2.58. The van der Waals surface area contributed by atoms with E-state index in [1.807, 2.05) is 18.0 Å². The molecule has 1 aliphatic heterocycles. The maximum atomic E-state index is 12.6. The zero-order chi connectivity index (χ0) is 14.8. The van der Waals surface area contributed by atoms with Gasteiger partial charge in [-0.3, -0.25) is 9.89 Å². The Bertz CT molecular complexity index is 633. The van der Waals surface area contributed by atoms with Crippen molar-refractivity contribution in [2.24, 2.45) is 5.92 Å². The molecule has 6 heteroatoms. The second-order valence-electron chi connectivity index (χ2n) is 5.76. The second-order valence-corrected chi connectivity index (χ2v) is 6.62. The van der Waals surface area contributed by atoms with Crippen LogP contribution in [0.5, 0.6) is 0 Å². The first-order valence-electron chi connectivity index (χ1n) is 7.33. The number of amides is 1. The third kappa shape index (κ3) is 3.00. The minimum atomic E-state index is 0.140. The van der Waals surface area contributed by atoms with E-state index in [9.17, 15) is 4.79 Å². The van der Waals surface area contributed by atoms with Gasteiger partial charge in [-0.1, -0.05) is 0 Å². The Morgan fingerprint density at radius 3 is 3.05 bits per heavy atom. The summed E-state index contributed by atoms with van der Waals surface area (Å²) in [6, 6.07) is 0. The molecule has 1 fully saturated rings. The number of aromatic nitrogens is 3. The molecule has 3 rings (SSSR count). The smallest absolute Gasteiger partial charge is 0.265 e. The largest absolute Gasteiger partial charge is 0.338 e. The van der Waals surface area contributed by atoms with Crippen LogP contribution in [0.25, 0.3) is 0 Å². The number of carbonyl (C=O) groups is 1. The van der Waals surface area contributed by atoms with Crippen LogP contribution in [0.2, 0.25) is 0 Å². The number of thiazole rings is 1. The van der Waals surface area contributed by atoms with Crippen molar-refractivity contribution in [1.82, 2.24) is 20.1 Å². The van der Waals surface area contributed by atoms with Crippen molar-refractivity contribution in [2.45, 2.75) is 33.1 Å². The predicted molar refractivity (Wildman–Crippen MR) is 82.5 cm³/mol. The first kappa shape index (κ1) is 14.3. The maximum Gasteiger partial charge on any atom is 0.265 e. The van der Waals surface area contributed by atoms with E-state index in [1.54, 1.807) is 5.51 Å². The lowest BCUT2D eigenvalue weighted by molar-refractivity contribution is 0.0676. The normalized spacial score (nSPS) is 19.0. The molecule has 1 N–H and O–H groups in total. The van der Waals surface area contributed by atoms with Gasteiger partial charge in [0.05, 0.1) is 17.4 Å². The summed E-state index contributed by atoms with van der Waals surface area (Å²) >= 11 is 1.44. The highest BCUT2D eigenvalue weighted by atomic mass is 32.1. The van der Waals surface area contributed by atoms with Gasteiger partial charge < -0.3 is 4.90 Å². The summed E-state index contributed by atoms with van der Waals surface area (Å²) in [5.74, 6) is 0.649. The topological polar surface area (TPSA) is 61.9 Å². The van der Waals surface area contributed by atoms with Crippen LogP contribution in [0.1, 0.15) is 39.5 Å². The lowest BCUT2D eigenvalue weighted by atomic mass is 9.92. The van der Waals surface area contributed by atoms with Crippen LogP contribution >= 0.6 is 11.3 Å². The van der Waals surface area contributed by atoms with Gasteiger partial charge in [0.2, 0.25) is 0 Å². The van der Waals surface area contributed by atoms with Crippen molar-refractivity contribution < 1.29 is 4.79 Å². The molecule has 1 unspecified atom stereocenters. The number of piperidine rings is 1. The van der Waals surface area contributed by atoms with Crippen molar-refractivity contribution in [3.05, 3.63) is 33.5 Å². The Hall–Kier alpha value is -1.69. The third-order valence-corrected chi connectivity index (χ3v) is 5.09. The van der Waals surface area contributed by atoms with E-state index in [0.717, 1.165) is 36.5 Å². The molecule has 0 spiro atoms. The highest BCUT2D eigenvalue weighted by Gasteiger charge is 2.26. The Morgan fingerprint density at radius 2 is 2.38 bits per heavy atom. The molecule has 1 amide bonds. The van der Waals surface area contributed by atoms with Gasteiger partial charge in [0.1, 0.15) is 4.88 Å². The van der Waals surface area contributed by atoms with Crippen molar-refractivity contribution >= 4 is 17.2 Å². The van der Waals surface area contributed by atoms with Crippen LogP contribution in [0.3, 0.4) is 0 Å². The van der Waals surface area contributed by atoms with E-state index in [-0.39, 0.29) is 5.91 Å². The Labute approximate surface area is 128 Å². The fourth-order valence-corrected chi connectivity index (χ4v) is 3.70. The molecule has 3 heterocycles. The molecule has 0 aliphatic carbocycles. The average Bonchev–Trinajstić information content (AvgIpc) is 3.08. The summed E-state index contributed by atoms with van der Waals surface area (Å²) in [5.41, 5.74) is 4.99. The van der Waals surface area contributed by atoms with Crippen LogP contribution in [0.4, 0.5) is 0 Å². The SMILES string of the molecule is Cc1cn[nH]c1CC1CCCN(C(=O)c2scnc2C)C1. The van der Waals surface area contributed by atoms with Gasteiger partial charge in [-0.15, -0.1) is 11.3 Å². The van der Waals surface area contributed by atoms with Crippen LogP contribution in [-0.2, 0) is 6.42 Å². The number of nitrogens with zero attached hydrogens (tertiary/aromatic N) is 3. The van der Waals surface area contributed by atoms with Crippen LogP contribution in [0.15, 0.2) is 11.7 Å². The van der Waals surface area contributed by atoms with Crippen molar-refractivity contribution in [3.8, 4) is 0 Å². The molecular formula is C15H20N4OS. The van der Waals surface area contributed by atoms with Gasteiger partial charge in [0, 0.05) is 18.8 Å². The molecule has 0 aromatic carbocycles. The lowest BCUT2D eigenvalue weighted by Gasteiger charge is -2.32. The Kier molecular flexibility index (Phi) is 4.05. The monoisotopic (exact) mass is 304 g/mol. The summed E-state index contributed by atoms with van der Waals surface area (Å²) in [4.78, 5) is 19.5. The minimum absolute atomic E-state index is 0.140. The van der Waals surface area contributed by atoms with E-state index in [1.165, 1.54) is 29.0 Å². The summed E-state index contributed by atoms with van der Waals surface area (Å²) in [6.45, 7) is 5.66. The quantitative estimate of drug-likeness (QED) is 0.948. The molecule has 5 nitrogen and oxygen atoms in total. The number of aryl methyl sites for hydroxylation is 2. The molecule has 0 bridgehead atoms. The first-order valence-corrected chi connectivity index (χ1v) is 8.21. The summed E-state index contributed by atoms with van der Waals surface area (Å²) in [5, 5.41) is 7.15. The molecule has 112 valence electrons. The van der Waals surface area contributed by atoms with Crippen LogP contribution < -0.4 is 0 Å².